The van der Waals surface area contributed by atoms with Crippen molar-refractivity contribution in [2.24, 2.45) is 4.99 Å². The van der Waals surface area contributed by atoms with Gasteiger partial charge in [-0.25, -0.2) is 4.79 Å². The number of nitrogens with zero attached hydrogens (tertiary/aromatic N) is 4. The van der Waals surface area contributed by atoms with Gasteiger partial charge in [0.15, 0.2) is 0 Å². The molecule has 0 aliphatic carbocycles. The fourth-order valence-electron chi connectivity index (χ4n) is 3.86. The summed E-state index contributed by atoms with van der Waals surface area (Å²) in [6, 6.07) is 5.46. The second kappa shape index (κ2) is 14.4. The third kappa shape index (κ3) is 8.95. The maximum atomic E-state index is 12.2. The van der Waals surface area contributed by atoms with Gasteiger partial charge in [0.1, 0.15) is 12.3 Å². The first kappa shape index (κ1) is 29.9. The topological polar surface area (TPSA) is 173 Å². The molecule has 3 rings (SSSR count). The number of carbonyl (C=O) groups is 1. The summed E-state index contributed by atoms with van der Waals surface area (Å²) >= 11 is 0. The molecule has 0 radical (unpaired) electrons. The molecule has 2 aromatic rings. The number of aliphatic imine (C=N–C) groups is 1. The van der Waals surface area contributed by atoms with Gasteiger partial charge >= 0.3 is 41.2 Å². The molecule has 1 fully saturated rings. The summed E-state index contributed by atoms with van der Waals surface area (Å²) < 4.78 is 6.93. The van der Waals surface area contributed by atoms with E-state index < -0.39 is 35.7 Å². The van der Waals surface area contributed by atoms with Gasteiger partial charge in [0.2, 0.25) is 0 Å². The smallest absolute Gasteiger partial charge is 0.862 e. The van der Waals surface area contributed by atoms with E-state index in [1.165, 1.54) is 10.8 Å². The first-order valence-corrected chi connectivity index (χ1v) is 11.4. The monoisotopic (exact) mass is 511 g/mol. The molecule has 0 bridgehead atoms. The molecule has 0 aromatic carbocycles. The summed E-state index contributed by atoms with van der Waals surface area (Å²) in [6.45, 7) is 2.30. The molecular weight excluding hydrogens is 481 g/mol. The number of aromatic nitrogens is 3. The van der Waals surface area contributed by atoms with Crippen molar-refractivity contribution in [2.75, 3.05) is 19.6 Å². The Morgan fingerprint density at radius 3 is 2.83 bits per heavy atom. The number of carboxylic acids is 1. The minimum Gasteiger partial charge on any atom is -0.862 e. The molecule has 1 saturated heterocycles. The van der Waals surface area contributed by atoms with Crippen LogP contribution in [0.2, 0.25) is 0 Å². The van der Waals surface area contributed by atoms with Crippen LogP contribution in [0.3, 0.4) is 0 Å². The molecular formula is C23H30N5NaO7. The van der Waals surface area contributed by atoms with Crippen LogP contribution in [0, 0.1) is 6.92 Å². The normalized spacial score (nSPS) is 19.9. The van der Waals surface area contributed by atoms with Gasteiger partial charge in [0.05, 0.1) is 24.9 Å². The Labute approximate surface area is 230 Å². The van der Waals surface area contributed by atoms with Crippen LogP contribution in [0.15, 0.2) is 45.2 Å². The summed E-state index contributed by atoms with van der Waals surface area (Å²) in [7, 11) is 0. The van der Waals surface area contributed by atoms with Crippen molar-refractivity contribution in [3.8, 4) is 0 Å². The second-order valence-corrected chi connectivity index (χ2v) is 8.53. The predicted octanol–water partition coefficient (Wildman–Crippen LogP) is -3.59. The number of aliphatic hydroxyl groups excluding tert-OH is 1. The first-order valence-electron chi connectivity index (χ1n) is 11.4. The van der Waals surface area contributed by atoms with Crippen LogP contribution in [-0.2, 0) is 16.1 Å². The van der Waals surface area contributed by atoms with E-state index in [-0.39, 0.29) is 61.4 Å². The van der Waals surface area contributed by atoms with Gasteiger partial charge in [-0.3, -0.25) is 29.0 Å². The number of carboxylic acid groups (broad SMARTS) is 1. The fourth-order valence-corrected chi connectivity index (χ4v) is 3.86. The molecule has 0 spiro atoms. The first-order chi connectivity index (χ1) is 16.7. The van der Waals surface area contributed by atoms with E-state index in [0.29, 0.717) is 31.5 Å². The van der Waals surface area contributed by atoms with Crippen LogP contribution in [0.1, 0.15) is 43.2 Å². The van der Waals surface area contributed by atoms with Crippen molar-refractivity contribution in [3.05, 3.63) is 62.7 Å². The number of H-pyrrole nitrogens is 1. The molecule has 12 nitrogen and oxygen atoms in total. The van der Waals surface area contributed by atoms with Crippen molar-refractivity contribution in [3.63, 3.8) is 0 Å². The molecule has 190 valence electrons. The van der Waals surface area contributed by atoms with E-state index in [9.17, 15) is 24.6 Å². The van der Waals surface area contributed by atoms with Crippen molar-refractivity contribution < 1.29 is 54.4 Å². The van der Waals surface area contributed by atoms with Gasteiger partial charge in [0.25, 0.3) is 5.56 Å². The summed E-state index contributed by atoms with van der Waals surface area (Å²) in [5.74, 6) is -1.27. The number of aliphatic hydroxyl groups is 1. The molecule has 1 aliphatic rings. The Morgan fingerprint density at radius 1 is 1.36 bits per heavy atom. The zero-order valence-corrected chi connectivity index (χ0v) is 22.5. The molecule has 0 amide bonds. The van der Waals surface area contributed by atoms with Crippen molar-refractivity contribution in [1.29, 1.82) is 0 Å². The Bertz CT molecular complexity index is 1140. The minimum absolute atomic E-state index is 0. The average molecular weight is 512 g/mol. The minimum atomic E-state index is -0.931. The molecule has 3 heterocycles. The van der Waals surface area contributed by atoms with Gasteiger partial charge in [-0.1, -0.05) is 6.07 Å². The van der Waals surface area contributed by atoms with Gasteiger partial charge in [-0.15, -0.1) is 0 Å². The number of rotatable bonds is 12. The molecule has 2 aromatic heterocycles. The van der Waals surface area contributed by atoms with Crippen LogP contribution >= 0.6 is 0 Å². The Balaban J connectivity index is 0.00000456. The number of pyridine rings is 1. The summed E-state index contributed by atoms with van der Waals surface area (Å²) in [6.07, 6.45) is 2.09. The molecule has 3 N–H and O–H groups in total. The third-order valence-electron chi connectivity index (χ3n) is 5.69. The molecule has 1 aliphatic heterocycles. The Kier molecular flexibility index (Phi) is 12.0. The number of aromatic amines is 1. The van der Waals surface area contributed by atoms with Gasteiger partial charge in [0, 0.05) is 30.9 Å². The van der Waals surface area contributed by atoms with Crippen LogP contribution in [0.5, 0.6) is 0 Å². The molecule has 13 heteroatoms. The number of unbranched alkanes of at least 4 members (excludes halogenated alkanes) is 1. The number of aryl methyl sites for hydroxylation is 1. The van der Waals surface area contributed by atoms with E-state index in [2.05, 4.69) is 15.0 Å². The average Bonchev–Trinajstić information content (AvgIpc) is 3.18. The number of hydrogen-bond acceptors (Lipinski definition) is 9. The zero-order valence-electron chi connectivity index (χ0n) is 20.5. The predicted molar refractivity (Wildman–Crippen MR) is 124 cm³/mol. The van der Waals surface area contributed by atoms with E-state index >= 15 is 0 Å². The van der Waals surface area contributed by atoms with Crippen molar-refractivity contribution >= 4 is 11.9 Å². The van der Waals surface area contributed by atoms with E-state index in [4.69, 9.17) is 9.84 Å². The summed E-state index contributed by atoms with van der Waals surface area (Å²) in [4.78, 5) is 46.9. The molecule has 36 heavy (non-hydrogen) atoms. The van der Waals surface area contributed by atoms with Crippen molar-refractivity contribution in [2.45, 2.75) is 57.6 Å². The van der Waals surface area contributed by atoms with Crippen molar-refractivity contribution in [1.82, 2.24) is 19.4 Å². The second-order valence-electron chi connectivity index (χ2n) is 8.53. The number of hydrogen-bond donors (Lipinski definition) is 3. The largest absolute Gasteiger partial charge is 1.00 e. The Hall–Kier alpha value is -2.35. The number of nitrogens with one attached hydrogen (secondary N) is 1. The van der Waals surface area contributed by atoms with E-state index in [1.807, 2.05) is 12.1 Å². The maximum Gasteiger partial charge on any atom is 1.00 e. The number of aliphatic carboxylic acids is 1. The van der Waals surface area contributed by atoms with Crippen LogP contribution < -0.4 is 45.9 Å². The standard InChI is InChI=1S/C23H31N5O7.Na/c1-15-12-28(23(34)26-22(15)33)20-10-17(29)18(35-20)11-25-19(30)7-3-5-9-27(14-21(31)32)13-16-6-2-4-8-24-16;/h2,4,6,8,12,17-18,20,29H,3,5,7,9-11,13-14H2,1H3,(H,25,30)(H,31,32)(H,26,33,34);/q;+1/p-1/t17-,18+,20+;/m0./s1. The quantitative estimate of drug-likeness (QED) is 0.113. The number of ether oxygens (including phenoxy) is 1. The van der Waals surface area contributed by atoms with Crippen LogP contribution in [-0.4, -0.2) is 73.4 Å². The van der Waals surface area contributed by atoms with Gasteiger partial charge < -0.3 is 25.0 Å². The molecule has 0 unspecified atom stereocenters. The maximum absolute atomic E-state index is 12.2. The fraction of sp³-hybridized carbons (Fsp3) is 0.522. The summed E-state index contributed by atoms with van der Waals surface area (Å²) in [5, 5.41) is 31.6. The van der Waals surface area contributed by atoms with Crippen LogP contribution in [0.25, 0.3) is 0 Å². The third-order valence-corrected chi connectivity index (χ3v) is 5.69. The molecule has 0 saturated carbocycles. The van der Waals surface area contributed by atoms with Gasteiger partial charge in [-0.05, 0) is 50.8 Å². The van der Waals surface area contributed by atoms with Gasteiger partial charge in [-0.2, -0.15) is 0 Å². The van der Waals surface area contributed by atoms with Crippen LogP contribution in [0.4, 0.5) is 0 Å². The van der Waals surface area contributed by atoms with E-state index in [1.54, 1.807) is 24.1 Å². The van der Waals surface area contributed by atoms with E-state index in [0.717, 1.165) is 5.69 Å². The summed E-state index contributed by atoms with van der Waals surface area (Å²) in [5.41, 5.74) is -0.00305. The Morgan fingerprint density at radius 2 is 2.14 bits per heavy atom. The SMILES string of the molecule is Cc1cn([C@H]2C[C@H](O)[C@@H](CN=C([O-])CCCCN(CC(=O)O)Cc3ccccn3)O2)c(=O)[nH]c1=O.[Na+]. The zero-order chi connectivity index (χ0) is 25.4. The molecule has 3 atom stereocenters.